The summed E-state index contributed by atoms with van der Waals surface area (Å²) in [5, 5.41) is 23.3. The highest BCUT2D eigenvalue weighted by Gasteiger charge is 2.18. The molecule has 6 aromatic carbocycles. The fraction of sp³-hybridized carbons (Fsp3) is 0.0600. The first kappa shape index (κ1) is 39.7. The Morgan fingerprint density at radius 2 is 0.921 bits per heavy atom. The van der Waals surface area contributed by atoms with Gasteiger partial charge in [-0.3, -0.25) is 15.0 Å². The molecule has 0 fully saturated rings. The van der Waals surface area contributed by atoms with Crippen LogP contribution < -0.4 is 20.1 Å². The SMILES string of the molecule is COc1ccc(-c2ccccc2)cc1Nc1ncnc2n[nH]c(-c3cccc(C(C)=O)c3)c12.COc1ccc(-c2ccccc2)cc1Nc1ncnc2n[nH]c(-c3ccccc3)c12. The largest absolute Gasteiger partial charge is 0.495 e. The van der Waals surface area contributed by atoms with E-state index in [0.717, 1.165) is 72.7 Å². The molecular weight excluding hydrogens is 789 g/mol. The summed E-state index contributed by atoms with van der Waals surface area (Å²) in [5.74, 6) is 2.66. The maximum atomic E-state index is 11.9. The van der Waals surface area contributed by atoms with Crippen molar-refractivity contribution in [1.29, 1.82) is 0 Å². The van der Waals surface area contributed by atoms with Crippen LogP contribution in [-0.4, -0.2) is 60.3 Å². The fourth-order valence-corrected chi connectivity index (χ4v) is 7.30. The van der Waals surface area contributed by atoms with Gasteiger partial charge in [0.2, 0.25) is 0 Å². The van der Waals surface area contributed by atoms with E-state index >= 15 is 0 Å². The molecule has 0 radical (unpaired) electrons. The Bertz CT molecular complexity index is 3190. The van der Waals surface area contributed by atoms with Crippen molar-refractivity contribution < 1.29 is 14.3 Å². The Morgan fingerprint density at radius 1 is 0.476 bits per heavy atom. The van der Waals surface area contributed by atoms with Crippen molar-refractivity contribution in [1.82, 2.24) is 40.3 Å². The molecule has 4 N–H and O–H groups in total. The number of carbonyl (C=O) groups excluding carboxylic acids is 1. The zero-order valence-electron chi connectivity index (χ0n) is 34.5. The van der Waals surface area contributed by atoms with Gasteiger partial charge < -0.3 is 20.1 Å². The zero-order chi connectivity index (χ0) is 43.1. The number of ketones is 1. The highest BCUT2D eigenvalue weighted by molar-refractivity contribution is 6.02. The minimum absolute atomic E-state index is 0.00210. The van der Waals surface area contributed by atoms with Gasteiger partial charge in [-0.05, 0) is 59.5 Å². The van der Waals surface area contributed by atoms with Gasteiger partial charge in [0.05, 0.1) is 47.8 Å². The molecule has 13 heteroatoms. The first-order valence-electron chi connectivity index (χ1n) is 20.0. The van der Waals surface area contributed by atoms with Crippen LogP contribution in [0.15, 0.2) is 164 Å². The number of anilines is 4. The van der Waals surface area contributed by atoms with E-state index in [0.29, 0.717) is 34.2 Å². The average Bonchev–Trinajstić information content (AvgIpc) is 3.99. The minimum Gasteiger partial charge on any atom is -0.495 e. The maximum Gasteiger partial charge on any atom is 0.186 e. The lowest BCUT2D eigenvalue weighted by atomic mass is 10.0. The Balaban J connectivity index is 0.000000161. The van der Waals surface area contributed by atoms with E-state index in [4.69, 9.17) is 9.47 Å². The van der Waals surface area contributed by atoms with Gasteiger partial charge in [-0.25, -0.2) is 19.9 Å². The lowest BCUT2D eigenvalue weighted by molar-refractivity contribution is 0.101. The number of aromatic amines is 2. The van der Waals surface area contributed by atoms with E-state index in [9.17, 15) is 4.79 Å². The van der Waals surface area contributed by atoms with E-state index in [2.05, 4.69) is 81.3 Å². The minimum atomic E-state index is -0.00210. The number of carbonyl (C=O) groups is 1. The molecule has 0 aliphatic carbocycles. The third kappa shape index (κ3) is 8.39. The molecule has 0 aliphatic heterocycles. The number of nitrogens with one attached hydrogen (secondary N) is 4. The van der Waals surface area contributed by atoms with Crippen molar-refractivity contribution in [3.63, 3.8) is 0 Å². The van der Waals surface area contributed by atoms with Gasteiger partial charge >= 0.3 is 0 Å². The van der Waals surface area contributed by atoms with Gasteiger partial charge in [-0.2, -0.15) is 10.2 Å². The van der Waals surface area contributed by atoms with Gasteiger partial charge in [-0.1, -0.05) is 121 Å². The number of benzene rings is 6. The van der Waals surface area contributed by atoms with Crippen molar-refractivity contribution in [2.24, 2.45) is 0 Å². The maximum absolute atomic E-state index is 11.9. The summed E-state index contributed by atoms with van der Waals surface area (Å²) in [6.07, 6.45) is 2.97. The van der Waals surface area contributed by atoms with E-state index in [1.54, 1.807) is 27.2 Å². The number of methoxy groups -OCH3 is 2. The van der Waals surface area contributed by atoms with Crippen molar-refractivity contribution in [3.8, 4) is 56.3 Å². The predicted molar refractivity (Wildman–Crippen MR) is 248 cm³/mol. The van der Waals surface area contributed by atoms with E-state index in [-0.39, 0.29) is 5.78 Å². The molecule has 10 aromatic rings. The molecule has 13 nitrogen and oxygen atoms in total. The van der Waals surface area contributed by atoms with Crippen molar-refractivity contribution in [2.45, 2.75) is 6.92 Å². The zero-order valence-corrected chi connectivity index (χ0v) is 34.5. The van der Waals surface area contributed by atoms with Crippen molar-refractivity contribution in [3.05, 3.63) is 170 Å². The summed E-state index contributed by atoms with van der Waals surface area (Å²) in [6, 6.07) is 49.8. The fourth-order valence-electron chi connectivity index (χ4n) is 7.30. The van der Waals surface area contributed by atoms with Gasteiger partial charge in [0.1, 0.15) is 35.8 Å². The average molecular weight is 829 g/mol. The van der Waals surface area contributed by atoms with Crippen LogP contribution in [0.1, 0.15) is 17.3 Å². The number of hydrogen-bond donors (Lipinski definition) is 4. The van der Waals surface area contributed by atoms with E-state index < -0.39 is 0 Å². The molecule has 0 unspecified atom stereocenters. The number of nitrogens with zero attached hydrogens (tertiary/aromatic N) is 6. The highest BCUT2D eigenvalue weighted by atomic mass is 16.5. The number of fused-ring (bicyclic) bond motifs is 2. The molecular formula is C50H40N10O3. The lowest BCUT2D eigenvalue weighted by Crippen LogP contribution is -1.99. The Morgan fingerprint density at radius 3 is 1.38 bits per heavy atom. The summed E-state index contributed by atoms with van der Waals surface area (Å²) >= 11 is 0. The third-order valence-corrected chi connectivity index (χ3v) is 10.4. The molecule has 10 rings (SSSR count). The second-order valence-electron chi connectivity index (χ2n) is 14.4. The molecule has 0 bridgehead atoms. The van der Waals surface area contributed by atoms with Crippen LogP contribution in [0.3, 0.4) is 0 Å². The second-order valence-corrected chi connectivity index (χ2v) is 14.4. The van der Waals surface area contributed by atoms with E-state index in [1.807, 2.05) is 115 Å². The smallest absolute Gasteiger partial charge is 0.186 e. The third-order valence-electron chi connectivity index (χ3n) is 10.4. The standard InChI is InChI=1S/C26H21N5O2.C24H19N5O/c1-16(32)18-9-6-10-20(13-18)24-23-25(27-15-28-26(23)31-30-24)29-21-14-19(11-12-22(21)33-2)17-7-4-3-5-8-17;1-30-20-13-12-18(16-8-4-2-5-9-16)14-19(20)27-23-21-22(17-10-6-3-7-11-17)28-29-24(21)26-15-25-23/h3-15H,1-2H3,(H2,27,28,29,30,31);2-15H,1H3,(H2,25,26,27,28,29). The molecule has 0 saturated carbocycles. The Hall–Kier alpha value is -8.71. The highest BCUT2D eigenvalue weighted by Crippen LogP contribution is 2.38. The molecule has 0 aliphatic rings. The number of H-pyrrole nitrogens is 2. The molecule has 4 heterocycles. The molecule has 0 amide bonds. The summed E-state index contributed by atoms with van der Waals surface area (Å²) in [6.45, 7) is 1.55. The van der Waals surface area contributed by atoms with Crippen LogP contribution in [0.2, 0.25) is 0 Å². The number of Topliss-reactive ketones (excluding diaryl/α,β-unsaturated/α-hetero) is 1. The quantitative estimate of drug-likeness (QED) is 0.0916. The van der Waals surface area contributed by atoms with Crippen LogP contribution in [0, 0.1) is 0 Å². The van der Waals surface area contributed by atoms with E-state index in [1.165, 1.54) is 12.7 Å². The van der Waals surface area contributed by atoms with Crippen LogP contribution in [0.5, 0.6) is 11.5 Å². The molecule has 63 heavy (non-hydrogen) atoms. The van der Waals surface area contributed by atoms with Crippen LogP contribution in [0.4, 0.5) is 23.0 Å². The Labute approximate surface area is 362 Å². The first-order chi connectivity index (χ1) is 31.0. The van der Waals surface area contributed by atoms with Crippen LogP contribution >= 0.6 is 0 Å². The second kappa shape index (κ2) is 17.9. The predicted octanol–water partition coefficient (Wildman–Crippen LogP) is 11.1. The molecule has 4 aromatic heterocycles. The number of aromatic nitrogens is 8. The molecule has 0 atom stereocenters. The summed E-state index contributed by atoms with van der Waals surface area (Å²) in [7, 11) is 3.29. The van der Waals surface area contributed by atoms with Gasteiger partial charge in [0.15, 0.2) is 17.1 Å². The molecule has 0 saturated heterocycles. The normalized spacial score (nSPS) is 10.8. The van der Waals surface area contributed by atoms with Gasteiger partial charge in [0, 0.05) is 16.7 Å². The summed E-state index contributed by atoms with van der Waals surface area (Å²) in [4.78, 5) is 29.5. The van der Waals surface area contributed by atoms with Crippen molar-refractivity contribution >= 4 is 50.9 Å². The number of hydrogen-bond acceptors (Lipinski definition) is 11. The van der Waals surface area contributed by atoms with Gasteiger partial charge in [0.25, 0.3) is 0 Å². The first-order valence-corrected chi connectivity index (χ1v) is 20.0. The van der Waals surface area contributed by atoms with Crippen LogP contribution in [0.25, 0.3) is 66.8 Å². The van der Waals surface area contributed by atoms with Crippen LogP contribution in [-0.2, 0) is 0 Å². The summed E-state index contributed by atoms with van der Waals surface area (Å²) < 4.78 is 11.2. The van der Waals surface area contributed by atoms with Crippen molar-refractivity contribution in [2.75, 3.05) is 24.9 Å². The molecule has 0 spiro atoms. The number of ether oxygens (including phenoxy) is 2. The topological polar surface area (TPSA) is 169 Å². The monoisotopic (exact) mass is 828 g/mol. The number of rotatable bonds is 11. The Kier molecular flexibility index (Phi) is 11.3. The lowest BCUT2D eigenvalue weighted by Gasteiger charge is -2.13. The molecule has 308 valence electrons. The van der Waals surface area contributed by atoms with Gasteiger partial charge in [-0.15, -0.1) is 0 Å². The summed E-state index contributed by atoms with van der Waals surface area (Å²) in [5.41, 5.74) is 11.1.